The molecule has 0 saturated carbocycles. The quantitative estimate of drug-likeness (QED) is 0.560. The summed E-state index contributed by atoms with van der Waals surface area (Å²) in [5.41, 5.74) is 0. The molecule has 2 atom stereocenters. The van der Waals surface area contributed by atoms with Crippen LogP contribution >= 0.6 is 0 Å². The van der Waals surface area contributed by atoms with Crippen molar-refractivity contribution in [3.63, 3.8) is 0 Å². The Hall–Kier alpha value is -0.620. The van der Waals surface area contributed by atoms with Crippen LogP contribution in [0.25, 0.3) is 0 Å². The summed E-state index contributed by atoms with van der Waals surface area (Å²) in [6.45, 7) is 6.71. The number of nitrogens with zero attached hydrogens (tertiary/aromatic N) is 1. The maximum Gasteiger partial charge on any atom is 0.333 e. The Morgan fingerprint density at radius 3 is 2.00 bits per heavy atom. The van der Waals surface area contributed by atoms with E-state index in [9.17, 15) is 13.2 Å². The molecule has 0 aromatic carbocycles. The van der Waals surface area contributed by atoms with Crippen molar-refractivity contribution in [1.29, 1.82) is 0 Å². The standard InChI is InChI=1S/C12H24NO4S/c1-8-17-10(14)12(4)9(13(5,6)7)11(2,3)18(12,15)16/h9H,8H2,1-7H3/q+1/t9-,12+/m0/s1. The van der Waals surface area contributed by atoms with Gasteiger partial charge in [0.2, 0.25) is 4.75 Å². The van der Waals surface area contributed by atoms with Crippen molar-refractivity contribution in [1.82, 2.24) is 0 Å². The first-order chi connectivity index (χ1) is 7.85. The lowest BCUT2D eigenvalue weighted by molar-refractivity contribution is -0.901. The van der Waals surface area contributed by atoms with Crippen molar-refractivity contribution in [3.8, 4) is 0 Å². The molecule has 0 bridgehead atoms. The van der Waals surface area contributed by atoms with Gasteiger partial charge in [0.15, 0.2) is 9.84 Å². The average Bonchev–Trinajstić information content (AvgIpc) is 2.14. The molecule has 1 aliphatic rings. The Kier molecular flexibility index (Phi) is 3.37. The highest BCUT2D eigenvalue weighted by Gasteiger charge is 2.79. The van der Waals surface area contributed by atoms with Crippen molar-refractivity contribution in [2.45, 2.75) is 43.2 Å². The Labute approximate surface area is 110 Å². The Balaban J connectivity index is 3.37. The third kappa shape index (κ3) is 1.61. The molecule has 5 nitrogen and oxygen atoms in total. The van der Waals surface area contributed by atoms with Crippen molar-refractivity contribution < 1.29 is 22.4 Å². The third-order valence-corrected chi connectivity index (χ3v) is 7.00. The number of quaternary nitrogens is 1. The van der Waals surface area contributed by atoms with E-state index in [4.69, 9.17) is 4.74 Å². The molecule has 6 heteroatoms. The van der Waals surface area contributed by atoms with E-state index >= 15 is 0 Å². The lowest BCUT2D eigenvalue weighted by atomic mass is 9.85. The van der Waals surface area contributed by atoms with Crippen molar-refractivity contribution in [2.24, 2.45) is 0 Å². The Bertz CT molecular complexity index is 461. The van der Waals surface area contributed by atoms with E-state index in [-0.39, 0.29) is 12.6 Å². The largest absolute Gasteiger partial charge is 0.465 e. The van der Waals surface area contributed by atoms with E-state index in [0.717, 1.165) is 0 Å². The molecule has 18 heavy (non-hydrogen) atoms. The van der Waals surface area contributed by atoms with E-state index < -0.39 is 25.3 Å². The Morgan fingerprint density at radius 2 is 1.67 bits per heavy atom. The molecule has 1 heterocycles. The van der Waals surface area contributed by atoms with Gasteiger partial charge in [0.1, 0.15) is 10.8 Å². The summed E-state index contributed by atoms with van der Waals surface area (Å²) in [6.07, 6.45) is 0. The lowest BCUT2D eigenvalue weighted by Crippen LogP contribution is -2.84. The molecule has 0 unspecified atom stereocenters. The second-order valence-corrected chi connectivity index (χ2v) is 9.36. The number of carbonyl (C=O) groups is 1. The second kappa shape index (κ2) is 3.93. The SMILES string of the molecule is CCOC(=O)[C@@]1(C)[C@@H]([N+](C)(C)C)C(C)(C)S1(=O)=O. The van der Waals surface area contributed by atoms with Crippen LogP contribution in [0.3, 0.4) is 0 Å². The van der Waals surface area contributed by atoms with E-state index in [1.165, 1.54) is 6.92 Å². The summed E-state index contributed by atoms with van der Waals surface area (Å²) in [7, 11) is 2.16. The third-order valence-electron chi connectivity index (χ3n) is 3.89. The van der Waals surface area contributed by atoms with Gasteiger partial charge in [-0.15, -0.1) is 0 Å². The Morgan fingerprint density at radius 1 is 1.22 bits per heavy atom. The number of esters is 1. The molecule has 1 saturated heterocycles. The van der Waals surface area contributed by atoms with E-state index in [1.807, 2.05) is 21.1 Å². The fourth-order valence-corrected chi connectivity index (χ4v) is 6.55. The van der Waals surface area contributed by atoms with Crippen LogP contribution in [-0.4, -0.2) is 62.2 Å². The molecule has 1 rings (SSSR count). The van der Waals surface area contributed by atoms with Crippen molar-refractivity contribution in [3.05, 3.63) is 0 Å². The summed E-state index contributed by atoms with van der Waals surface area (Å²) in [6, 6.07) is -0.325. The first-order valence-electron chi connectivity index (χ1n) is 6.07. The normalized spacial score (nSPS) is 33.6. The first-order valence-corrected chi connectivity index (χ1v) is 7.56. The van der Waals surface area contributed by atoms with E-state index in [0.29, 0.717) is 4.48 Å². The summed E-state index contributed by atoms with van der Waals surface area (Å²) in [5.74, 6) is -0.637. The molecule has 1 fully saturated rings. The molecular formula is C12H24NO4S+. The summed E-state index contributed by atoms with van der Waals surface area (Å²) in [4.78, 5) is 12.1. The summed E-state index contributed by atoms with van der Waals surface area (Å²) < 4.78 is 27.9. The molecular weight excluding hydrogens is 254 g/mol. The van der Waals surface area contributed by atoms with E-state index in [2.05, 4.69) is 0 Å². The highest BCUT2D eigenvalue weighted by atomic mass is 32.2. The van der Waals surface area contributed by atoms with Gasteiger partial charge < -0.3 is 9.22 Å². The van der Waals surface area contributed by atoms with Crippen LogP contribution in [0, 0.1) is 0 Å². The van der Waals surface area contributed by atoms with Gasteiger partial charge in [0.25, 0.3) is 0 Å². The van der Waals surface area contributed by atoms with Crippen molar-refractivity contribution in [2.75, 3.05) is 27.7 Å². The van der Waals surface area contributed by atoms with Gasteiger partial charge in [-0.1, -0.05) is 0 Å². The monoisotopic (exact) mass is 278 g/mol. The smallest absolute Gasteiger partial charge is 0.333 e. The van der Waals surface area contributed by atoms with Gasteiger partial charge in [-0.2, -0.15) is 0 Å². The van der Waals surface area contributed by atoms with Gasteiger partial charge in [-0.05, 0) is 27.7 Å². The van der Waals surface area contributed by atoms with Gasteiger partial charge in [-0.3, -0.25) is 4.79 Å². The topological polar surface area (TPSA) is 60.4 Å². The maximum atomic E-state index is 12.5. The molecule has 0 aromatic rings. The molecule has 0 aliphatic carbocycles. The van der Waals surface area contributed by atoms with Crippen LogP contribution in [0.5, 0.6) is 0 Å². The highest BCUT2D eigenvalue weighted by molar-refractivity contribution is 7.96. The van der Waals surface area contributed by atoms with Gasteiger partial charge in [-0.25, -0.2) is 8.42 Å². The van der Waals surface area contributed by atoms with Crippen LogP contribution in [0.1, 0.15) is 27.7 Å². The summed E-state index contributed by atoms with van der Waals surface area (Å²) >= 11 is 0. The molecule has 106 valence electrons. The number of ether oxygens (including phenoxy) is 1. The number of sulfone groups is 1. The minimum Gasteiger partial charge on any atom is -0.465 e. The predicted octanol–water partition coefficient (Wildman–Crippen LogP) is 0.590. The molecule has 1 aliphatic heterocycles. The molecule has 0 N–H and O–H groups in total. The predicted molar refractivity (Wildman–Crippen MR) is 69.9 cm³/mol. The zero-order valence-electron chi connectivity index (χ0n) is 12.3. The van der Waals surface area contributed by atoms with Crippen LogP contribution in [0.15, 0.2) is 0 Å². The number of rotatable bonds is 3. The minimum absolute atomic E-state index is 0.189. The maximum absolute atomic E-state index is 12.5. The van der Waals surface area contributed by atoms with Crippen LogP contribution < -0.4 is 0 Å². The number of hydrogen-bond donors (Lipinski definition) is 0. The van der Waals surface area contributed by atoms with E-state index in [1.54, 1.807) is 20.8 Å². The molecule has 0 aromatic heterocycles. The van der Waals surface area contributed by atoms with Gasteiger partial charge in [0, 0.05) is 0 Å². The number of hydrogen-bond acceptors (Lipinski definition) is 4. The van der Waals surface area contributed by atoms with Crippen LogP contribution in [0.4, 0.5) is 0 Å². The summed E-state index contributed by atoms with van der Waals surface area (Å²) in [5, 5.41) is 0. The van der Waals surface area contributed by atoms with Crippen molar-refractivity contribution >= 4 is 15.8 Å². The van der Waals surface area contributed by atoms with Gasteiger partial charge >= 0.3 is 5.97 Å². The zero-order valence-corrected chi connectivity index (χ0v) is 13.1. The van der Waals surface area contributed by atoms with Gasteiger partial charge in [0.05, 0.1) is 27.7 Å². The fourth-order valence-electron chi connectivity index (χ4n) is 3.61. The minimum atomic E-state index is -3.54. The fraction of sp³-hybridized carbons (Fsp3) is 0.917. The zero-order chi connectivity index (χ0) is 14.6. The lowest BCUT2D eigenvalue weighted by Gasteiger charge is -2.59. The second-order valence-electron chi connectivity index (χ2n) is 6.45. The first kappa shape index (κ1) is 15.4. The molecule has 0 radical (unpaired) electrons. The highest BCUT2D eigenvalue weighted by Crippen LogP contribution is 2.52. The average molecular weight is 278 g/mol. The molecule has 0 spiro atoms. The van der Waals surface area contributed by atoms with Crippen LogP contribution in [0.2, 0.25) is 0 Å². The van der Waals surface area contributed by atoms with Crippen LogP contribution in [-0.2, 0) is 19.4 Å². The molecule has 0 amide bonds. The number of carbonyl (C=O) groups excluding carboxylic acids is 1.